The van der Waals surface area contributed by atoms with Crippen molar-refractivity contribution in [3.8, 4) is 39.5 Å². The highest BCUT2D eigenvalue weighted by atomic mass is 79.9. The molecular weight excluding hydrogens is 466 g/mol. The van der Waals surface area contributed by atoms with Crippen molar-refractivity contribution in [1.29, 1.82) is 0 Å². The first-order valence-electron chi connectivity index (χ1n) is 10.6. The van der Waals surface area contributed by atoms with Crippen LogP contribution in [0.4, 0.5) is 0 Å². The lowest BCUT2D eigenvalue weighted by Crippen LogP contribution is -2.12. The lowest BCUT2D eigenvalue weighted by Gasteiger charge is -2.13. The van der Waals surface area contributed by atoms with E-state index < -0.39 is 0 Å². The summed E-state index contributed by atoms with van der Waals surface area (Å²) >= 11 is 3.42. The van der Waals surface area contributed by atoms with E-state index in [4.69, 9.17) is 9.47 Å². The fourth-order valence-electron chi connectivity index (χ4n) is 3.51. The zero-order valence-corrected chi connectivity index (χ0v) is 19.6. The second-order valence-electron chi connectivity index (χ2n) is 7.26. The predicted octanol–water partition coefficient (Wildman–Crippen LogP) is 7.16. The fraction of sp³-hybridized carbons (Fsp3) is 0.148. The Morgan fingerprint density at radius 1 is 0.781 bits per heavy atom. The SMILES string of the molecule is CCOc1ccccc1-c1ccc(-c2cn(CC)cc(Oc3ccc(Br)cc3)c2=O)cc1. The van der Waals surface area contributed by atoms with Crippen LogP contribution in [0.2, 0.25) is 0 Å². The largest absolute Gasteiger partial charge is 0.493 e. The Morgan fingerprint density at radius 3 is 2.09 bits per heavy atom. The molecule has 0 aliphatic heterocycles. The van der Waals surface area contributed by atoms with E-state index in [1.807, 2.05) is 97.4 Å². The van der Waals surface area contributed by atoms with Crippen LogP contribution in [-0.4, -0.2) is 11.2 Å². The molecule has 4 rings (SSSR count). The molecule has 0 amide bonds. The van der Waals surface area contributed by atoms with Gasteiger partial charge in [0.1, 0.15) is 11.5 Å². The highest BCUT2D eigenvalue weighted by Crippen LogP contribution is 2.31. The van der Waals surface area contributed by atoms with E-state index in [2.05, 4.69) is 15.9 Å². The number of hydrogen-bond donors (Lipinski definition) is 0. The Labute approximate surface area is 196 Å². The minimum absolute atomic E-state index is 0.139. The number of benzene rings is 3. The molecule has 162 valence electrons. The molecule has 3 aromatic carbocycles. The highest BCUT2D eigenvalue weighted by Gasteiger charge is 2.13. The number of hydrogen-bond acceptors (Lipinski definition) is 3. The van der Waals surface area contributed by atoms with E-state index in [9.17, 15) is 4.79 Å². The molecule has 0 radical (unpaired) electrons. The van der Waals surface area contributed by atoms with Gasteiger partial charge in [-0.3, -0.25) is 4.79 Å². The average molecular weight is 490 g/mol. The zero-order chi connectivity index (χ0) is 22.5. The van der Waals surface area contributed by atoms with Crippen LogP contribution in [0.1, 0.15) is 13.8 Å². The maximum absolute atomic E-state index is 13.2. The van der Waals surface area contributed by atoms with Gasteiger partial charge in [0.05, 0.1) is 12.8 Å². The third-order valence-electron chi connectivity index (χ3n) is 5.15. The molecule has 0 saturated carbocycles. The van der Waals surface area contributed by atoms with Crippen LogP contribution in [0.3, 0.4) is 0 Å². The Kier molecular flexibility index (Phi) is 6.76. The summed E-state index contributed by atoms with van der Waals surface area (Å²) in [4.78, 5) is 13.2. The molecule has 4 aromatic rings. The molecule has 0 aliphatic rings. The minimum atomic E-state index is -0.139. The second-order valence-corrected chi connectivity index (χ2v) is 8.17. The van der Waals surface area contributed by atoms with Gasteiger partial charge in [0.2, 0.25) is 5.43 Å². The molecule has 5 heteroatoms. The van der Waals surface area contributed by atoms with Crippen molar-refractivity contribution in [3.63, 3.8) is 0 Å². The smallest absolute Gasteiger partial charge is 0.231 e. The summed E-state index contributed by atoms with van der Waals surface area (Å²) in [6, 6.07) is 23.4. The number of aromatic nitrogens is 1. The van der Waals surface area contributed by atoms with E-state index in [1.54, 1.807) is 6.20 Å². The summed E-state index contributed by atoms with van der Waals surface area (Å²) in [5.41, 5.74) is 3.37. The average Bonchev–Trinajstić information content (AvgIpc) is 2.82. The quantitative estimate of drug-likeness (QED) is 0.276. The van der Waals surface area contributed by atoms with E-state index in [0.29, 0.717) is 23.7 Å². The van der Waals surface area contributed by atoms with Gasteiger partial charge < -0.3 is 14.0 Å². The first-order valence-corrected chi connectivity index (χ1v) is 11.4. The zero-order valence-electron chi connectivity index (χ0n) is 18.0. The van der Waals surface area contributed by atoms with Gasteiger partial charge >= 0.3 is 0 Å². The molecule has 0 atom stereocenters. The van der Waals surface area contributed by atoms with E-state index >= 15 is 0 Å². The van der Waals surface area contributed by atoms with Gasteiger partial charge in [-0.05, 0) is 55.3 Å². The fourth-order valence-corrected chi connectivity index (χ4v) is 3.77. The van der Waals surface area contributed by atoms with Crippen molar-refractivity contribution < 1.29 is 9.47 Å². The van der Waals surface area contributed by atoms with Crippen molar-refractivity contribution in [1.82, 2.24) is 4.57 Å². The van der Waals surface area contributed by atoms with Crippen molar-refractivity contribution in [2.75, 3.05) is 6.61 Å². The van der Waals surface area contributed by atoms with Crippen LogP contribution in [0.5, 0.6) is 17.2 Å². The third kappa shape index (κ3) is 4.78. The Bertz CT molecular complexity index is 1260. The summed E-state index contributed by atoms with van der Waals surface area (Å²) in [5, 5.41) is 0. The Hall–Kier alpha value is -3.31. The van der Waals surface area contributed by atoms with Gasteiger partial charge in [0.25, 0.3) is 0 Å². The van der Waals surface area contributed by atoms with Gasteiger partial charge in [0, 0.05) is 28.3 Å². The summed E-state index contributed by atoms with van der Waals surface area (Å²) in [7, 11) is 0. The summed E-state index contributed by atoms with van der Waals surface area (Å²) < 4.78 is 14.6. The van der Waals surface area contributed by atoms with Gasteiger partial charge in [-0.15, -0.1) is 0 Å². The van der Waals surface area contributed by atoms with Gasteiger partial charge in [-0.25, -0.2) is 0 Å². The third-order valence-corrected chi connectivity index (χ3v) is 5.68. The highest BCUT2D eigenvalue weighted by molar-refractivity contribution is 9.10. The van der Waals surface area contributed by atoms with Crippen molar-refractivity contribution in [3.05, 3.63) is 99.9 Å². The van der Waals surface area contributed by atoms with Gasteiger partial charge in [0.15, 0.2) is 5.75 Å². The number of nitrogens with zero attached hydrogens (tertiary/aromatic N) is 1. The number of aryl methyl sites for hydroxylation is 1. The molecule has 0 bridgehead atoms. The van der Waals surface area contributed by atoms with Crippen molar-refractivity contribution in [2.24, 2.45) is 0 Å². The van der Waals surface area contributed by atoms with Crippen LogP contribution in [-0.2, 0) is 6.54 Å². The molecule has 0 fully saturated rings. The van der Waals surface area contributed by atoms with Crippen LogP contribution < -0.4 is 14.9 Å². The molecule has 1 aromatic heterocycles. The molecule has 0 aliphatic carbocycles. The monoisotopic (exact) mass is 489 g/mol. The Morgan fingerprint density at radius 2 is 1.44 bits per heavy atom. The lowest BCUT2D eigenvalue weighted by molar-refractivity contribution is 0.341. The number of halogens is 1. The normalized spacial score (nSPS) is 10.7. The molecule has 4 nitrogen and oxygen atoms in total. The standard InChI is InChI=1S/C27H24BrNO3/c1-3-29-17-24(27(30)26(18-29)32-22-15-13-21(28)14-16-22)20-11-9-19(10-12-20)23-7-5-6-8-25(23)31-4-2/h5-18H,3-4H2,1-2H3. The van der Waals surface area contributed by atoms with Gasteiger partial charge in [-0.1, -0.05) is 58.4 Å². The maximum atomic E-state index is 13.2. The summed E-state index contributed by atoms with van der Waals surface area (Å²) in [5.74, 6) is 1.77. The molecule has 0 spiro atoms. The minimum Gasteiger partial charge on any atom is -0.493 e. The lowest BCUT2D eigenvalue weighted by atomic mass is 10.00. The molecular formula is C27H24BrNO3. The van der Waals surface area contributed by atoms with Crippen LogP contribution in [0, 0.1) is 0 Å². The van der Waals surface area contributed by atoms with Crippen molar-refractivity contribution in [2.45, 2.75) is 20.4 Å². The first kappa shape index (κ1) is 21.9. The van der Waals surface area contributed by atoms with E-state index in [0.717, 1.165) is 33.5 Å². The van der Waals surface area contributed by atoms with Crippen LogP contribution in [0.25, 0.3) is 22.3 Å². The summed E-state index contributed by atoms with van der Waals surface area (Å²) in [6.07, 6.45) is 3.63. The predicted molar refractivity (Wildman–Crippen MR) is 133 cm³/mol. The molecule has 1 heterocycles. The Balaban J connectivity index is 1.70. The molecule has 0 unspecified atom stereocenters. The second kappa shape index (κ2) is 9.88. The molecule has 32 heavy (non-hydrogen) atoms. The van der Waals surface area contributed by atoms with Crippen molar-refractivity contribution >= 4 is 15.9 Å². The first-order chi connectivity index (χ1) is 15.6. The van der Waals surface area contributed by atoms with E-state index in [-0.39, 0.29) is 5.43 Å². The van der Waals surface area contributed by atoms with Crippen LogP contribution in [0.15, 0.2) is 94.5 Å². The number of para-hydroxylation sites is 1. The molecule has 0 N–H and O–H groups in total. The summed E-state index contributed by atoms with van der Waals surface area (Å²) in [6.45, 7) is 5.34. The maximum Gasteiger partial charge on any atom is 0.231 e. The number of pyridine rings is 1. The van der Waals surface area contributed by atoms with E-state index in [1.165, 1.54) is 0 Å². The topological polar surface area (TPSA) is 40.5 Å². The van der Waals surface area contributed by atoms with Crippen LogP contribution >= 0.6 is 15.9 Å². The molecule has 0 saturated heterocycles. The van der Waals surface area contributed by atoms with Gasteiger partial charge in [-0.2, -0.15) is 0 Å². The number of ether oxygens (including phenoxy) is 2. The number of rotatable bonds is 7.